The molecule has 5 nitrogen and oxygen atoms in total. The van der Waals surface area contributed by atoms with Crippen molar-refractivity contribution >= 4 is 21.8 Å². The fourth-order valence-corrected chi connectivity index (χ4v) is 2.12. The molecule has 0 spiro atoms. The fraction of sp³-hybridized carbons (Fsp3) is 0.455. The molecule has 0 saturated carbocycles. The molecule has 1 unspecified atom stereocenters. The van der Waals surface area contributed by atoms with E-state index in [0.717, 1.165) is 4.31 Å². The highest BCUT2D eigenvalue weighted by atomic mass is 35.5. The van der Waals surface area contributed by atoms with E-state index >= 15 is 0 Å². The Morgan fingerprint density at radius 3 is 2.28 bits per heavy atom. The van der Waals surface area contributed by atoms with Crippen molar-refractivity contribution in [3.8, 4) is 0 Å². The number of aliphatic hydroxyl groups is 1. The maximum Gasteiger partial charge on any atom is 0.279 e. The van der Waals surface area contributed by atoms with E-state index in [-0.39, 0.29) is 6.54 Å². The molecular formula is C11H17ClN2O3S. The predicted octanol–water partition coefficient (Wildman–Crippen LogP) is 0.944. The summed E-state index contributed by atoms with van der Waals surface area (Å²) in [7, 11) is -0.718. The van der Waals surface area contributed by atoms with Gasteiger partial charge in [0.05, 0.1) is 0 Å². The SMILES string of the molecule is CN(C)S(=O)(=O)NCC(C)(O)c1ccc(Cl)cc1. The molecule has 102 valence electrons. The molecule has 0 saturated heterocycles. The zero-order chi connectivity index (χ0) is 14.0. The molecule has 0 aromatic heterocycles. The first-order valence-corrected chi connectivity index (χ1v) is 7.12. The van der Waals surface area contributed by atoms with Crippen LogP contribution in [0.4, 0.5) is 0 Å². The molecule has 0 heterocycles. The van der Waals surface area contributed by atoms with Crippen LogP contribution >= 0.6 is 11.6 Å². The molecule has 1 rings (SSSR count). The second-order valence-electron chi connectivity index (χ2n) is 4.39. The van der Waals surface area contributed by atoms with Crippen molar-refractivity contribution in [3.63, 3.8) is 0 Å². The molecule has 7 heteroatoms. The average molecular weight is 293 g/mol. The number of hydrogen-bond acceptors (Lipinski definition) is 3. The van der Waals surface area contributed by atoms with E-state index in [2.05, 4.69) is 4.72 Å². The Balaban J connectivity index is 2.80. The van der Waals surface area contributed by atoms with E-state index < -0.39 is 15.8 Å². The second kappa shape index (κ2) is 5.54. The van der Waals surface area contributed by atoms with Crippen molar-refractivity contribution in [2.75, 3.05) is 20.6 Å². The maximum atomic E-state index is 11.5. The monoisotopic (exact) mass is 292 g/mol. The summed E-state index contributed by atoms with van der Waals surface area (Å²) in [4.78, 5) is 0. The number of nitrogens with one attached hydrogen (secondary N) is 1. The van der Waals surface area contributed by atoms with Crippen LogP contribution in [0.5, 0.6) is 0 Å². The normalized spacial score (nSPS) is 15.7. The van der Waals surface area contributed by atoms with Crippen molar-refractivity contribution in [2.24, 2.45) is 0 Å². The Kier molecular flexibility index (Phi) is 4.74. The highest BCUT2D eigenvalue weighted by Gasteiger charge is 2.26. The summed E-state index contributed by atoms with van der Waals surface area (Å²) >= 11 is 5.75. The summed E-state index contributed by atoms with van der Waals surface area (Å²) in [5.74, 6) is 0. The molecule has 18 heavy (non-hydrogen) atoms. The van der Waals surface area contributed by atoms with Gasteiger partial charge in [-0.1, -0.05) is 23.7 Å². The van der Waals surface area contributed by atoms with Gasteiger partial charge in [-0.05, 0) is 24.6 Å². The Bertz CT molecular complexity index is 498. The minimum absolute atomic E-state index is 0.116. The van der Waals surface area contributed by atoms with Crippen LogP contribution in [-0.4, -0.2) is 38.5 Å². The minimum Gasteiger partial charge on any atom is -0.384 e. The van der Waals surface area contributed by atoms with Gasteiger partial charge in [-0.3, -0.25) is 0 Å². The van der Waals surface area contributed by atoms with Crippen molar-refractivity contribution in [3.05, 3.63) is 34.9 Å². The van der Waals surface area contributed by atoms with Crippen LogP contribution in [0, 0.1) is 0 Å². The van der Waals surface area contributed by atoms with Gasteiger partial charge in [0.2, 0.25) is 0 Å². The van der Waals surface area contributed by atoms with Gasteiger partial charge < -0.3 is 5.11 Å². The van der Waals surface area contributed by atoms with Crippen molar-refractivity contribution in [1.29, 1.82) is 0 Å². The highest BCUT2D eigenvalue weighted by Crippen LogP contribution is 2.21. The van der Waals surface area contributed by atoms with Gasteiger partial charge in [-0.2, -0.15) is 17.4 Å². The van der Waals surface area contributed by atoms with Gasteiger partial charge in [0.15, 0.2) is 0 Å². The summed E-state index contributed by atoms with van der Waals surface area (Å²) in [6.45, 7) is 1.42. The second-order valence-corrected chi connectivity index (χ2v) is 6.79. The summed E-state index contributed by atoms with van der Waals surface area (Å²) in [5.41, 5.74) is -0.707. The van der Waals surface area contributed by atoms with E-state index in [1.807, 2.05) is 0 Å². The molecule has 0 bridgehead atoms. The van der Waals surface area contributed by atoms with Gasteiger partial charge in [0, 0.05) is 25.7 Å². The van der Waals surface area contributed by atoms with Crippen molar-refractivity contribution < 1.29 is 13.5 Å². The Hall–Kier alpha value is -0.660. The van der Waals surface area contributed by atoms with Gasteiger partial charge >= 0.3 is 0 Å². The first kappa shape index (κ1) is 15.4. The topological polar surface area (TPSA) is 69.6 Å². The Morgan fingerprint density at radius 1 is 1.33 bits per heavy atom. The zero-order valence-electron chi connectivity index (χ0n) is 10.5. The molecule has 0 aliphatic carbocycles. The first-order valence-electron chi connectivity index (χ1n) is 5.31. The highest BCUT2D eigenvalue weighted by molar-refractivity contribution is 7.87. The quantitative estimate of drug-likeness (QED) is 0.849. The lowest BCUT2D eigenvalue weighted by Gasteiger charge is -2.25. The van der Waals surface area contributed by atoms with Crippen LogP contribution in [0.25, 0.3) is 0 Å². The van der Waals surface area contributed by atoms with Crippen LogP contribution in [0.2, 0.25) is 5.02 Å². The summed E-state index contributed by atoms with van der Waals surface area (Å²) < 4.78 is 26.5. The summed E-state index contributed by atoms with van der Waals surface area (Å²) in [6, 6.07) is 6.61. The molecule has 2 N–H and O–H groups in total. The third-order valence-corrected chi connectivity index (χ3v) is 4.27. The molecule has 0 amide bonds. The van der Waals surface area contributed by atoms with Gasteiger partial charge in [0.1, 0.15) is 5.60 Å². The third-order valence-electron chi connectivity index (χ3n) is 2.55. The average Bonchev–Trinajstić information content (AvgIpc) is 2.27. The molecule has 1 atom stereocenters. The van der Waals surface area contributed by atoms with Gasteiger partial charge in [-0.25, -0.2) is 0 Å². The largest absolute Gasteiger partial charge is 0.384 e. The molecular weight excluding hydrogens is 276 g/mol. The van der Waals surface area contributed by atoms with Crippen molar-refractivity contribution in [2.45, 2.75) is 12.5 Å². The van der Waals surface area contributed by atoms with Crippen LogP contribution in [0.15, 0.2) is 24.3 Å². The van der Waals surface area contributed by atoms with Gasteiger partial charge in [0.25, 0.3) is 10.2 Å². The van der Waals surface area contributed by atoms with Crippen LogP contribution < -0.4 is 4.72 Å². The maximum absolute atomic E-state index is 11.5. The van der Waals surface area contributed by atoms with Crippen LogP contribution in [-0.2, 0) is 15.8 Å². The number of nitrogens with zero attached hydrogens (tertiary/aromatic N) is 1. The van der Waals surface area contributed by atoms with E-state index in [4.69, 9.17) is 11.6 Å². The van der Waals surface area contributed by atoms with E-state index in [0.29, 0.717) is 10.6 Å². The zero-order valence-corrected chi connectivity index (χ0v) is 12.1. The van der Waals surface area contributed by atoms with E-state index in [9.17, 15) is 13.5 Å². The minimum atomic E-state index is -3.55. The molecule has 1 aromatic rings. The van der Waals surface area contributed by atoms with Crippen LogP contribution in [0.1, 0.15) is 12.5 Å². The summed E-state index contributed by atoms with van der Waals surface area (Å²) in [5, 5.41) is 10.8. The lowest BCUT2D eigenvalue weighted by atomic mass is 9.97. The number of rotatable bonds is 5. The molecule has 0 aliphatic rings. The smallest absolute Gasteiger partial charge is 0.279 e. The number of benzene rings is 1. The lowest BCUT2D eigenvalue weighted by molar-refractivity contribution is 0.0624. The third kappa shape index (κ3) is 3.93. The molecule has 0 fully saturated rings. The molecule has 0 aliphatic heterocycles. The number of hydrogen-bond donors (Lipinski definition) is 2. The molecule has 0 radical (unpaired) electrons. The predicted molar refractivity (Wildman–Crippen MR) is 71.6 cm³/mol. The first-order chi connectivity index (χ1) is 8.15. The van der Waals surface area contributed by atoms with E-state index in [1.165, 1.54) is 21.0 Å². The van der Waals surface area contributed by atoms with Crippen LogP contribution in [0.3, 0.4) is 0 Å². The Morgan fingerprint density at radius 2 is 1.83 bits per heavy atom. The van der Waals surface area contributed by atoms with Crippen molar-refractivity contribution in [1.82, 2.24) is 9.03 Å². The van der Waals surface area contributed by atoms with E-state index in [1.54, 1.807) is 24.3 Å². The Labute approximate surface area is 113 Å². The molecule has 1 aromatic carbocycles. The van der Waals surface area contributed by atoms with Gasteiger partial charge in [-0.15, -0.1) is 0 Å². The fourth-order valence-electron chi connectivity index (χ4n) is 1.27. The standard InChI is InChI=1S/C11H17ClN2O3S/c1-11(15,8-13-18(16,17)14(2)3)9-4-6-10(12)7-5-9/h4-7,13,15H,8H2,1-3H3. The summed E-state index contributed by atoms with van der Waals surface area (Å²) in [6.07, 6.45) is 0. The lowest BCUT2D eigenvalue weighted by Crippen LogP contribution is -2.43. The number of halogens is 1.